The topological polar surface area (TPSA) is 64.6 Å². The van der Waals surface area contributed by atoms with Crippen molar-refractivity contribution >= 4 is 11.7 Å². The van der Waals surface area contributed by atoms with Crippen LogP contribution in [0.2, 0.25) is 0 Å². The van der Waals surface area contributed by atoms with Crippen molar-refractivity contribution in [2.24, 2.45) is 17.8 Å². The van der Waals surface area contributed by atoms with Crippen LogP contribution < -0.4 is 14.8 Å². The second-order valence-corrected chi connectivity index (χ2v) is 8.09. The molecule has 2 aliphatic carbocycles. The molecule has 0 unspecified atom stereocenters. The summed E-state index contributed by atoms with van der Waals surface area (Å²) in [5, 5.41) is 3.06. The van der Waals surface area contributed by atoms with E-state index >= 15 is 0 Å². The third-order valence-corrected chi connectivity index (χ3v) is 6.54. The molecule has 0 bridgehead atoms. The van der Waals surface area contributed by atoms with Crippen LogP contribution in [0.3, 0.4) is 0 Å². The molecule has 5 nitrogen and oxygen atoms in total. The molecule has 3 aliphatic rings. The highest BCUT2D eigenvalue weighted by Gasteiger charge is 2.70. The first-order valence-electron chi connectivity index (χ1n) is 9.83. The van der Waals surface area contributed by atoms with Crippen LogP contribution in [0.4, 0.5) is 0 Å². The van der Waals surface area contributed by atoms with E-state index in [9.17, 15) is 9.59 Å². The molecule has 0 radical (unpaired) electrons. The lowest BCUT2D eigenvalue weighted by molar-refractivity contribution is -0.124. The number of ketones is 1. The molecule has 1 heterocycles. The van der Waals surface area contributed by atoms with Gasteiger partial charge in [-0.2, -0.15) is 0 Å². The summed E-state index contributed by atoms with van der Waals surface area (Å²) in [6, 6.07) is 15.1. The van der Waals surface area contributed by atoms with Gasteiger partial charge in [-0.05, 0) is 48.6 Å². The predicted octanol–water partition coefficient (Wildman–Crippen LogP) is 3.37. The summed E-state index contributed by atoms with van der Waals surface area (Å²) in [4.78, 5) is 25.5. The normalized spacial score (nSPS) is 29.6. The van der Waals surface area contributed by atoms with Crippen molar-refractivity contribution in [2.45, 2.75) is 31.4 Å². The summed E-state index contributed by atoms with van der Waals surface area (Å²) < 4.78 is 11.6. The van der Waals surface area contributed by atoms with Crippen molar-refractivity contribution in [3.05, 3.63) is 59.7 Å². The van der Waals surface area contributed by atoms with Gasteiger partial charge in [0.15, 0.2) is 5.78 Å². The van der Waals surface area contributed by atoms with Crippen LogP contribution in [0.25, 0.3) is 0 Å². The zero-order valence-corrected chi connectivity index (χ0v) is 15.8. The number of rotatable bonds is 4. The van der Waals surface area contributed by atoms with Crippen LogP contribution >= 0.6 is 0 Å². The predicted molar refractivity (Wildman–Crippen MR) is 103 cm³/mol. The largest absolute Gasteiger partial charge is 0.497 e. The van der Waals surface area contributed by atoms with E-state index in [1.54, 1.807) is 7.11 Å². The number of carbonyl (C=O) groups excluding carboxylic acids is 2. The number of fused-ring (bicyclic) bond motifs is 3. The van der Waals surface area contributed by atoms with E-state index in [0.717, 1.165) is 24.2 Å². The Morgan fingerprint density at radius 1 is 1.25 bits per heavy atom. The van der Waals surface area contributed by atoms with Gasteiger partial charge in [-0.3, -0.25) is 9.59 Å². The molecule has 5 rings (SSSR count). The first-order valence-corrected chi connectivity index (χ1v) is 9.83. The number of nitrogens with one attached hydrogen (secondary N) is 1. The van der Waals surface area contributed by atoms with Crippen molar-refractivity contribution < 1.29 is 19.1 Å². The molecule has 1 spiro atoms. The molecule has 2 aromatic rings. The lowest BCUT2D eigenvalue weighted by Gasteiger charge is -2.37. The summed E-state index contributed by atoms with van der Waals surface area (Å²) in [6.45, 7) is 0.474. The molecule has 1 N–H and O–H groups in total. The van der Waals surface area contributed by atoms with Crippen molar-refractivity contribution in [3.8, 4) is 11.5 Å². The van der Waals surface area contributed by atoms with E-state index < -0.39 is 5.60 Å². The molecule has 28 heavy (non-hydrogen) atoms. The first-order chi connectivity index (χ1) is 13.6. The number of benzene rings is 2. The lowest BCUT2D eigenvalue weighted by Crippen LogP contribution is -2.44. The van der Waals surface area contributed by atoms with Crippen LogP contribution in [0.5, 0.6) is 11.5 Å². The first kappa shape index (κ1) is 17.3. The standard InChI is InChI=1S/C23H23NO4/c1-27-15-6-4-5-14(11-15)13-24-22(26)20-17-9-10-23(21(17)20)12-18(25)16-7-2-3-8-19(16)28-23/h2-8,11,17,20-21H,9-10,12-13H2,1H3,(H,24,26)/t17-,20+,21+,23-/m1/s1. The third-order valence-electron chi connectivity index (χ3n) is 6.54. The van der Waals surface area contributed by atoms with Crippen LogP contribution in [0.1, 0.15) is 35.2 Å². The number of hydrogen-bond acceptors (Lipinski definition) is 4. The molecule has 5 heteroatoms. The number of ether oxygens (including phenoxy) is 2. The summed E-state index contributed by atoms with van der Waals surface area (Å²) in [6.07, 6.45) is 2.17. The Kier molecular flexibility index (Phi) is 3.93. The molecule has 1 amide bonds. The maximum Gasteiger partial charge on any atom is 0.224 e. The Balaban J connectivity index is 1.28. The van der Waals surface area contributed by atoms with E-state index in [0.29, 0.717) is 30.2 Å². The molecule has 0 saturated heterocycles. The molecule has 144 valence electrons. The molecule has 2 fully saturated rings. The molecule has 2 saturated carbocycles. The van der Waals surface area contributed by atoms with Gasteiger partial charge in [0.1, 0.15) is 17.1 Å². The van der Waals surface area contributed by atoms with E-state index in [-0.39, 0.29) is 23.5 Å². The van der Waals surface area contributed by atoms with Gasteiger partial charge in [-0.1, -0.05) is 24.3 Å². The Labute approximate surface area is 164 Å². The molecule has 1 aliphatic heterocycles. The minimum atomic E-state index is -0.506. The Hall–Kier alpha value is -2.82. The van der Waals surface area contributed by atoms with E-state index in [1.807, 2.05) is 48.5 Å². The molecule has 4 atom stereocenters. The summed E-state index contributed by atoms with van der Waals surface area (Å²) >= 11 is 0. The second-order valence-electron chi connectivity index (χ2n) is 8.09. The van der Waals surface area contributed by atoms with Gasteiger partial charge in [0.2, 0.25) is 5.91 Å². The number of carbonyl (C=O) groups is 2. The van der Waals surface area contributed by atoms with E-state index in [4.69, 9.17) is 9.47 Å². The zero-order valence-electron chi connectivity index (χ0n) is 15.8. The summed E-state index contributed by atoms with van der Waals surface area (Å²) in [7, 11) is 1.63. The monoisotopic (exact) mass is 377 g/mol. The summed E-state index contributed by atoms with van der Waals surface area (Å²) in [5.41, 5.74) is 1.16. The van der Waals surface area contributed by atoms with E-state index in [2.05, 4.69) is 5.32 Å². The fraction of sp³-hybridized carbons (Fsp3) is 0.391. The highest BCUT2D eigenvalue weighted by Crippen LogP contribution is 2.65. The molecule has 0 aromatic heterocycles. The number of amides is 1. The fourth-order valence-electron chi connectivity index (χ4n) is 5.21. The maximum atomic E-state index is 12.8. The van der Waals surface area contributed by atoms with Gasteiger partial charge >= 0.3 is 0 Å². The lowest BCUT2D eigenvalue weighted by atomic mass is 9.84. The van der Waals surface area contributed by atoms with Crippen LogP contribution in [0.15, 0.2) is 48.5 Å². The van der Waals surface area contributed by atoms with Crippen molar-refractivity contribution in [1.29, 1.82) is 0 Å². The Bertz CT molecular complexity index is 955. The SMILES string of the molecule is COc1cccc(CNC(=O)[C@H]2[C@H]3CC[C@@]4(CC(=O)c5ccccc5O4)[C@@H]32)c1. The maximum absolute atomic E-state index is 12.8. The van der Waals surface area contributed by atoms with E-state index in [1.165, 1.54) is 0 Å². The smallest absolute Gasteiger partial charge is 0.224 e. The van der Waals surface area contributed by atoms with Crippen molar-refractivity contribution in [1.82, 2.24) is 5.32 Å². The average Bonchev–Trinajstić information content (AvgIpc) is 3.37. The highest BCUT2D eigenvalue weighted by molar-refractivity contribution is 6.00. The number of para-hydroxylation sites is 1. The second kappa shape index (κ2) is 6.36. The zero-order chi connectivity index (χ0) is 19.3. The average molecular weight is 377 g/mol. The van der Waals surface area contributed by atoms with Gasteiger partial charge in [0.05, 0.1) is 19.1 Å². The van der Waals surface area contributed by atoms with Crippen LogP contribution in [0, 0.1) is 17.8 Å². The number of Topliss-reactive ketones (excluding diaryl/α,β-unsaturated/α-hetero) is 1. The number of hydrogen-bond donors (Lipinski definition) is 1. The third kappa shape index (κ3) is 2.68. The highest BCUT2D eigenvalue weighted by atomic mass is 16.5. The van der Waals surface area contributed by atoms with Crippen LogP contribution in [-0.4, -0.2) is 24.4 Å². The fourth-order valence-corrected chi connectivity index (χ4v) is 5.21. The van der Waals surface area contributed by atoms with Crippen molar-refractivity contribution in [2.75, 3.05) is 7.11 Å². The summed E-state index contributed by atoms with van der Waals surface area (Å²) in [5.74, 6) is 2.04. The van der Waals surface area contributed by atoms with Gasteiger partial charge in [0.25, 0.3) is 0 Å². The quantitative estimate of drug-likeness (QED) is 0.887. The minimum Gasteiger partial charge on any atom is -0.497 e. The van der Waals surface area contributed by atoms with Gasteiger partial charge in [-0.25, -0.2) is 0 Å². The van der Waals surface area contributed by atoms with Crippen molar-refractivity contribution in [3.63, 3.8) is 0 Å². The van der Waals surface area contributed by atoms with Gasteiger partial charge in [-0.15, -0.1) is 0 Å². The minimum absolute atomic E-state index is 0.0579. The molecular weight excluding hydrogens is 354 g/mol. The van der Waals surface area contributed by atoms with Crippen LogP contribution in [-0.2, 0) is 11.3 Å². The molecule has 2 aromatic carbocycles. The Morgan fingerprint density at radius 3 is 2.96 bits per heavy atom. The molecular formula is C23H23NO4. The number of methoxy groups -OCH3 is 1. The Morgan fingerprint density at radius 2 is 2.11 bits per heavy atom. The van der Waals surface area contributed by atoms with Gasteiger partial charge in [0, 0.05) is 18.4 Å². The van der Waals surface area contributed by atoms with Gasteiger partial charge < -0.3 is 14.8 Å².